The second kappa shape index (κ2) is 6.68. The lowest BCUT2D eigenvalue weighted by atomic mass is 10.2. The maximum absolute atomic E-state index is 12.4. The SMILES string of the molecule is COc1ccc2c(c1)sc(CCNC(=O)c1cc3ccccc3[nH]1)[n+]2[O-]. The van der Waals surface area contributed by atoms with Crippen LogP contribution in [0.4, 0.5) is 0 Å². The quantitative estimate of drug-likeness (QED) is 0.420. The highest BCUT2D eigenvalue weighted by molar-refractivity contribution is 7.18. The number of nitrogens with one attached hydrogen (secondary N) is 2. The molecule has 0 radical (unpaired) electrons. The van der Waals surface area contributed by atoms with E-state index in [1.807, 2.05) is 36.4 Å². The Morgan fingerprint density at radius 2 is 2.12 bits per heavy atom. The molecule has 7 heteroatoms. The van der Waals surface area contributed by atoms with Crippen molar-refractivity contribution in [3.63, 3.8) is 0 Å². The van der Waals surface area contributed by atoms with Gasteiger partial charge in [-0.15, -0.1) is 0 Å². The predicted molar refractivity (Wildman–Crippen MR) is 102 cm³/mol. The molecule has 2 N–H and O–H groups in total. The second-order valence-electron chi connectivity index (χ2n) is 5.90. The number of benzene rings is 2. The molecule has 2 heterocycles. The number of rotatable bonds is 5. The maximum Gasteiger partial charge on any atom is 0.267 e. The van der Waals surface area contributed by atoms with Gasteiger partial charge >= 0.3 is 0 Å². The van der Waals surface area contributed by atoms with Crippen LogP contribution < -0.4 is 14.8 Å². The molecule has 0 saturated heterocycles. The van der Waals surface area contributed by atoms with E-state index >= 15 is 0 Å². The fourth-order valence-corrected chi connectivity index (χ4v) is 3.97. The van der Waals surface area contributed by atoms with Crippen LogP contribution in [0.25, 0.3) is 21.1 Å². The molecule has 4 aromatic rings. The van der Waals surface area contributed by atoms with Crippen molar-refractivity contribution in [1.82, 2.24) is 10.3 Å². The molecule has 2 aromatic heterocycles. The number of thiazole rings is 1. The highest BCUT2D eigenvalue weighted by Crippen LogP contribution is 2.25. The van der Waals surface area contributed by atoms with Crippen molar-refractivity contribution in [2.45, 2.75) is 6.42 Å². The van der Waals surface area contributed by atoms with Crippen molar-refractivity contribution < 1.29 is 14.3 Å². The van der Waals surface area contributed by atoms with Gasteiger partial charge in [0.25, 0.3) is 10.9 Å². The van der Waals surface area contributed by atoms with Gasteiger partial charge in [0.1, 0.15) is 16.1 Å². The van der Waals surface area contributed by atoms with Gasteiger partial charge in [-0.1, -0.05) is 29.5 Å². The van der Waals surface area contributed by atoms with E-state index < -0.39 is 0 Å². The Morgan fingerprint density at radius 1 is 1.27 bits per heavy atom. The fourth-order valence-electron chi connectivity index (χ4n) is 2.90. The number of nitrogens with zero attached hydrogens (tertiary/aromatic N) is 1. The number of carbonyl (C=O) groups excluding carboxylic acids is 1. The zero-order valence-electron chi connectivity index (χ0n) is 14.1. The summed E-state index contributed by atoms with van der Waals surface area (Å²) in [4.78, 5) is 15.4. The number of fused-ring (bicyclic) bond motifs is 2. The molecule has 0 saturated carbocycles. The molecule has 1 amide bonds. The van der Waals surface area contributed by atoms with Crippen LogP contribution in [0.1, 0.15) is 15.5 Å². The Labute approximate surface area is 153 Å². The van der Waals surface area contributed by atoms with Crippen LogP contribution in [0.3, 0.4) is 0 Å². The Morgan fingerprint density at radius 3 is 2.92 bits per heavy atom. The van der Waals surface area contributed by atoms with E-state index in [1.165, 1.54) is 11.3 Å². The number of para-hydroxylation sites is 1. The number of hydrogen-bond acceptors (Lipinski definition) is 4. The van der Waals surface area contributed by atoms with Crippen molar-refractivity contribution >= 4 is 38.4 Å². The van der Waals surface area contributed by atoms with Gasteiger partial charge in [0, 0.05) is 29.6 Å². The van der Waals surface area contributed by atoms with Crippen LogP contribution in [0, 0.1) is 5.21 Å². The zero-order chi connectivity index (χ0) is 18.1. The fraction of sp³-hybridized carbons (Fsp3) is 0.158. The first-order valence-electron chi connectivity index (χ1n) is 8.20. The van der Waals surface area contributed by atoms with Gasteiger partial charge in [0.05, 0.1) is 13.5 Å². The van der Waals surface area contributed by atoms with Crippen molar-refractivity contribution in [3.8, 4) is 5.75 Å². The minimum Gasteiger partial charge on any atom is -0.617 e. The predicted octanol–water partition coefficient (Wildman–Crippen LogP) is 3.00. The number of amides is 1. The average molecular weight is 367 g/mol. The van der Waals surface area contributed by atoms with Crippen LogP contribution in [-0.2, 0) is 6.42 Å². The summed E-state index contributed by atoms with van der Waals surface area (Å²) < 4.78 is 6.99. The Kier molecular flexibility index (Phi) is 4.22. The lowest BCUT2D eigenvalue weighted by Gasteiger charge is -2.02. The number of methoxy groups -OCH3 is 1. The lowest BCUT2D eigenvalue weighted by molar-refractivity contribution is -0.580. The van der Waals surface area contributed by atoms with E-state index in [0.717, 1.165) is 26.1 Å². The van der Waals surface area contributed by atoms with Crippen LogP contribution >= 0.6 is 11.3 Å². The molecule has 0 fully saturated rings. The number of H-pyrrole nitrogens is 1. The van der Waals surface area contributed by atoms with E-state index in [4.69, 9.17) is 4.74 Å². The van der Waals surface area contributed by atoms with E-state index in [1.54, 1.807) is 19.2 Å². The van der Waals surface area contributed by atoms with E-state index in [9.17, 15) is 10.0 Å². The highest BCUT2D eigenvalue weighted by atomic mass is 32.1. The molecule has 0 aliphatic rings. The van der Waals surface area contributed by atoms with E-state index in [2.05, 4.69) is 10.3 Å². The average Bonchev–Trinajstić information content (AvgIpc) is 3.23. The maximum atomic E-state index is 12.4. The first kappa shape index (κ1) is 16.4. The number of aromatic nitrogens is 2. The van der Waals surface area contributed by atoms with Crippen molar-refractivity contribution in [1.29, 1.82) is 0 Å². The lowest BCUT2D eigenvalue weighted by Crippen LogP contribution is -2.32. The summed E-state index contributed by atoms with van der Waals surface area (Å²) in [7, 11) is 1.60. The molecule has 4 rings (SSSR count). The molecule has 132 valence electrons. The zero-order valence-corrected chi connectivity index (χ0v) is 14.9. The third-order valence-corrected chi connectivity index (χ3v) is 5.39. The monoisotopic (exact) mass is 367 g/mol. The first-order chi connectivity index (χ1) is 12.7. The third kappa shape index (κ3) is 2.97. The first-order valence-corrected chi connectivity index (χ1v) is 9.02. The number of carbonyl (C=O) groups is 1. The minimum absolute atomic E-state index is 0.179. The number of hydrogen-bond donors (Lipinski definition) is 2. The molecule has 6 nitrogen and oxygen atoms in total. The van der Waals surface area contributed by atoms with Gasteiger partial charge in [-0.2, -0.15) is 4.73 Å². The normalized spacial score (nSPS) is 11.1. The molecule has 0 unspecified atom stereocenters. The standard InChI is InChI=1S/C19H17N3O3S/c1-25-13-6-7-16-17(11-13)26-18(22(16)24)8-9-20-19(23)15-10-12-4-2-3-5-14(12)21-15/h2-7,10-11,21H,8-9H2,1H3,(H,20,23). The molecular formula is C19H17N3O3S. The summed E-state index contributed by atoms with van der Waals surface area (Å²) in [5, 5.41) is 16.9. The summed E-state index contributed by atoms with van der Waals surface area (Å²) >= 11 is 1.42. The van der Waals surface area contributed by atoms with Gasteiger partial charge in [-0.3, -0.25) is 4.79 Å². The summed E-state index contributed by atoms with van der Waals surface area (Å²) in [6.45, 7) is 0.389. The second-order valence-corrected chi connectivity index (χ2v) is 7.02. The smallest absolute Gasteiger partial charge is 0.267 e. The van der Waals surface area contributed by atoms with Crippen molar-refractivity contribution in [2.75, 3.05) is 13.7 Å². The number of aromatic amines is 1. The topological polar surface area (TPSA) is 81.1 Å². The molecule has 0 aliphatic heterocycles. The van der Waals surface area contributed by atoms with E-state index in [-0.39, 0.29) is 5.91 Å². The van der Waals surface area contributed by atoms with Gasteiger partial charge < -0.3 is 20.2 Å². The van der Waals surface area contributed by atoms with Crippen molar-refractivity contribution in [3.05, 3.63) is 64.4 Å². The summed E-state index contributed by atoms with van der Waals surface area (Å²) in [6, 6.07) is 14.9. The highest BCUT2D eigenvalue weighted by Gasteiger charge is 2.17. The Bertz CT molecular complexity index is 1070. The molecular weight excluding hydrogens is 350 g/mol. The van der Waals surface area contributed by atoms with Gasteiger partial charge in [-0.05, 0) is 18.2 Å². The Hall–Kier alpha value is -3.06. The van der Waals surface area contributed by atoms with Crippen molar-refractivity contribution in [2.24, 2.45) is 0 Å². The molecule has 0 spiro atoms. The van der Waals surface area contributed by atoms with Gasteiger partial charge in [0.2, 0.25) is 5.52 Å². The third-order valence-electron chi connectivity index (χ3n) is 4.24. The molecule has 0 bridgehead atoms. The van der Waals surface area contributed by atoms with Crippen LogP contribution in [0.5, 0.6) is 5.75 Å². The van der Waals surface area contributed by atoms with Crippen LogP contribution in [-0.4, -0.2) is 24.5 Å². The molecule has 0 aliphatic carbocycles. The number of ether oxygens (including phenoxy) is 1. The van der Waals surface area contributed by atoms with Gasteiger partial charge in [-0.25, -0.2) is 0 Å². The van der Waals surface area contributed by atoms with Crippen LogP contribution in [0.15, 0.2) is 48.5 Å². The van der Waals surface area contributed by atoms with Gasteiger partial charge in [0.15, 0.2) is 0 Å². The molecule has 0 atom stereocenters. The van der Waals surface area contributed by atoms with E-state index in [0.29, 0.717) is 29.2 Å². The Balaban J connectivity index is 1.44. The summed E-state index contributed by atoms with van der Waals surface area (Å²) in [6.07, 6.45) is 0.469. The molecule has 2 aromatic carbocycles. The van der Waals surface area contributed by atoms with Crippen LogP contribution in [0.2, 0.25) is 0 Å². The summed E-state index contributed by atoms with van der Waals surface area (Å²) in [5.41, 5.74) is 2.06. The molecule has 26 heavy (non-hydrogen) atoms. The minimum atomic E-state index is -0.179. The summed E-state index contributed by atoms with van der Waals surface area (Å²) in [5.74, 6) is 0.541. The largest absolute Gasteiger partial charge is 0.617 e.